The van der Waals surface area contributed by atoms with Crippen LogP contribution in [0.3, 0.4) is 0 Å². The molecule has 2 aromatic heterocycles. The third kappa shape index (κ3) is 2.24. The first-order valence-electron chi connectivity index (χ1n) is 4.36. The molecule has 0 amide bonds. The second kappa shape index (κ2) is 4.63. The van der Waals surface area contributed by atoms with Crippen molar-refractivity contribution in [3.05, 3.63) is 59.5 Å². The van der Waals surface area contributed by atoms with Crippen LogP contribution in [0.5, 0.6) is 0 Å². The molecule has 0 aliphatic heterocycles. The monoisotopic (exact) mass is 202 g/mol. The summed E-state index contributed by atoms with van der Waals surface area (Å²) in [4.78, 5) is 0. The SMILES string of the molecule is c1ccc2occc2c1.c1ccsc1. The molecule has 0 bridgehead atoms. The van der Waals surface area contributed by atoms with Crippen molar-refractivity contribution in [2.75, 3.05) is 0 Å². The maximum Gasteiger partial charge on any atom is 0.133 e. The zero-order valence-electron chi connectivity index (χ0n) is 7.59. The summed E-state index contributed by atoms with van der Waals surface area (Å²) in [6.45, 7) is 0. The van der Waals surface area contributed by atoms with Crippen LogP contribution < -0.4 is 0 Å². The second-order valence-electron chi connectivity index (χ2n) is 2.75. The number of hydrogen-bond donors (Lipinski definition) is 0. The van der Waals surface area contributed by atoms with E-state index in [0.29, 0.717) is 0 Å². The van der Waals surface area contributed by atoms with Gasteiger partial charge in [0, 0.05) is 5.39 Å². The van der Waals surface area contributed by atoms with Crippen molar-refractivity contribution in [2.45, 2.75) is 0 Å². The van der Waals surface area contributed by atoms with Crippen LogP contribution in [0.15, 0.2) is 63.9 Å². The minimum atomic E-state index is 0.956. The summed E-state index contributed by atoms with van der Waals surface area (Å²) in [5.41, 5.74) is 0.956. The summed E-state index contributed by atoms with van der Waals surface area (Å²) < 4.78 is 5.12. The lowest BCUT2D eigenvalue weighted by Crippen LogP contribution is -1.57. The van der Waals surface area contributed by atoms with E-state index in [-0.39, 0.29) is 0 Å². The van der Waals surface area contributed by atoms with Crippen LogP contribution in [0, 0.1) is 0 Å². The largest absolute Gasteiger partial charge is 0.464 e. The number of thiophene rings is 1. The molecule has 2 heteroatoms. The fourth-order valence-corrected chi connectivity index (χ4v) is 1.59. The fraction of sp³-hybridized carbons (Fsp3) is 0. The molecule has 3 rings (SSSR count). The van der Waals surface area contributed by atoms with Crippen molar-refractivity contribution in [3.8, 4) is 0 Å². The molecule has 14 heavy (non-hydrogen) atoms. The Morgan fingerprint density at radius 2 is 1.64 bits per heavy atom. The van der Waals surface area contributed by atoms with Gasteiger partial charge in [0.05, 0.1) is 6.26 Å². The molecule has 0 saturated carbocycles. The molecule has 0 radical (unpaired) electrons. The second-order valence-corrected chi connectivity index (χ2v) is 3.57. The van der Waals surface area contributed by atoms with Crippen LogP contribution in [0.1, 0.15) is 0 Å². The fourth-order valence-electron chi connectivity index (χ4n) is 1.13. The molecule has 0 N–H and O–H groups in total. The van der Waals surface area contributed by atoms with E-state index in [0.717, 1.165) is 11.0 Å². The predicted molar refractivity (Wildman–Crippen MR) is 60.5 cm³/mol. The van der Waals surface area contributed by atoms with Crippen LogP contribution in [0.4, 0.5) is 0 Å². The molecule has 0 saturated heterocycles. The van der Waals surface area contributed by atoms with E-state index in [1.54, 1.807) is 17.6 Å². The molecule has 1 nitrogen and oxygen atoms in total. The number of fused-ring (bicyclic) bond motifs is 1. The lowest BCUT2D eigenvalue weighted by Gasteiger charge is -1.81. The number of hydrogen-bond acceptors (Lipinski definition) is 2. The summed E-state index contributed by atoms with van der Waals surface area (Å²) in [5.74, 6) is 0. The Labute approximate surface area is 86.6 Å². The van der Waals surface area contributed by atoms with Crippen LogP contribution >= 0.6 is 11.3 Å². The third-order valence-electron chi connectivity index (χ3n) is 1.79. The lowest BCUT2D eigenvalue weighted by molar-refractivity contribution is 0.616. The average molecular weight is 202 g/mol. The van der Waals surface area contributed by atoms with E-state index < -0.39 is 0 Å². The van der Waals surface area contributed by atoms with Crippen LogP contribution in [-0.4, -0.2) is 0 Å². The Morgan fingerprint density at radius 3 is 2.29 bits per heavy atom. The van der Waals surface area contributed by atoms with Crippen LogP contribution in [-0.2, 0) is 0 Å². The van der Waals surface area contributed by atoms with E-state index in [1.165, 1.54) is 0 Å². The number of furan rings is 1. The van der Waals surface area contributed by atoms with Crippen molar-refractivity contribution >= 4 is 22.3 Å². The van der Waals surface area contributed by atoms with Gasteiger partial charge in [-0.25, -0.2) is 0 Å². The van der Waals surface area contributed by atoms with E-state index >= 15 is 0 Å². The summed E-state index contributed by atoms with van der Waals surface area (Å²) in [6.07, 6.45) is 1.70. The van der Waals surface area contributed by atoms with Gasteiger partial charge in [0.25, 0.3) is 0 Å². The highest BCUT2D eigenvalue weighted by Gasteiger charge is 1.89. The molecule has 3 aromatic rings. The van der Waals surface area contributed by atoms with Crippen LogP contribution in [0.25, 0.3) is 11.0 Å². The van der Waals surface area contributed by atoms with E-state index in [2.05, 4.69) is 0 Å². The Balaban J connectivity index is 0.000000128. The molecule has 70 valence electrons. The first-order chi connectivity index (χ1) is 6.97. The molecular weight excluding hydrogens is 192 g/mol. The minimum absolute atomic E-state index is 0.956. The van der Waals surface area contributed by atoms with Gasteiger partial charge in [-0.3, -0.25) is 0 Å². The molecule has 0 aliphatic carbocycles. The van der Waals surface area contributed by atoms with E-state index in [9.17, 15) is 0 Å². The van der Waals surface area contributed by atoms with Gasteiger partial charge in [0.15, 0.2) is 0 Å². The molecule has 0 atom stereocenters. The molecule has 0 aliphatic rings. The van der Waals surface area contributed by atoms with Gasteiger partial charge in [-0.1, -0.05) is 30.3 Å². The molecule has 2 heterocycles. The Morgan fingerprint density at radius 1 is 0.857 bits per heavy atom. The average Bonchev–Trinajstić information content (AvgIpc) is 2.92. The Hall–Kier alpha value is -1.54. The molecular formula is C12H10OS. The van der Waals surface area contributed by atoms with E-state index in [4.69, 9.17) is 4.42 Å². The number of para-hydroxylation sites is 1. The summed E-state index contributed by atoms with van der Waals surface area (Å²) >= 11 is 1.71. The zero-order chi connectivity index (χ0) is 9.64. The van der Waals surface area contributed by atoms with Crippen molar-refractivity contribution in [1.29, 1.82) is 0 Å². The highest BCUT2D eigenvalue weighted by atomic mass is 32.1. The topological polar surface area (TPSA) is 13.1 Å². The minimum Gasteiger partial charge on any atom is -0.464 e. The molecule has 0 fully saturated rings. The van der Waals surface area contributed by atoms with Gasteiger partial charge in [0.2, 0.25) is 0 Å². The summed E-state index contributed by atoms with van der Waals surface area (Å²) in [7, 11) is 0. The van der Waals surface area contributed by atoms with E-state index in [1.807, 2.05) is 53.2 Å². The van der Waals surface area contributed by atoms with Gasteiger partial charge in [0.1, 0.15) is 5.58 Å². The summed E-state index contributed by atoms with van der Waals surface area (Å²) in [5, 5.41) is 5.25. The van der Waals surface area contributed by atoms with Crippen molar-refractivity contribution in [1.82, 2.24) is 0 Å². The normalized spacial score (nSPS) is 9.43. The highest BCUT2D eigenvalue weighted by Crippen LogP contribution is 2.12. The van der Waals surface area contributed by atoms with Crippen molar-refractivity contribution in [3.63, 3.8) is 0 Å². The summed E-state index contributed by atoms with van der Waals surface area (Å²) in [6, 6.07) is 13.9. The molecule has 0 unspecified atom stereocenters. The van der Waals surface area contributed by atoms with Gasteiger partial charge in [-0.2, -0.15) is 11.3 Å². The van der Waals surface area contributed by atoms with Gasteiger partial charge in [-0.05, 0) is 22.9 Å². The number of rotatable bonds is 0. The number of benzene rings is 1. The van der Waals surface area contributed by atoms with Gasteiger partial charge >= 0.3 is 0 Å². The lowest BCUT2D eigenvalue weighted by atomic mass is 10.3. The Bertz CT molecular complexity index is 420. The van der Waals surface area contributed by atoms with Crippen molar-refractivity contribution in [2.24, 2.45) is 0 Å². The zero-order valence-corrected chi connectivity index (χ0v) is 8.41. The maximum atomic E-state index is 5.12. The third-order valence-corrected chi connectivity index (χ3v) is 2.42. The highest BCUT2D eigenvalue weighted by molar-refractivity contribution is 7.07. The standard InChI is InChI=1S/C8H6O.C4H4S/c1-2-4-8-7(3-1)5-6-9-8;1-2-4-5-3-1/h1-6H;1-4H. The van der Waals surface area contributed by atoms with Crippen LogP contribution in [0.2, 0.25) is 0 Å². The smallest absolute Gasteiger partial charge is 0.133 e. The Kier molecular flexibility index (Phi) is 2.99. The first kappa shape index (κ1) is 9.03. The van der Waals surface area contributed by atoms with Gasteiger partial charge < -0.3 is 4.42 Å². The van der Waals surface area contributed by atoms with Crippen molar-refractivity contribution < 1.29 is 4.42 Å². The first-order valence-corrected chi connectivity index (χ1v) is 5.30. The maximum absolute atomic E-state index is 5.12. The quantitative estimate of drug-likeness (QED) is 0.533. The predicted octanol–water partition coefficient (Wildman–Crippen LogP) is 4.18. The molecule has 0 spiro atoms. The van der Waals surface area contributed by atoms with Gasteiger partial charge in [-0.15, -0.1) is 0 Å². The molecule has 1 aromatic carbocycles.